The summed E-state index contributed by atoms with van der Waals surface area (Å²) in [6, 6.07) is 7.02. The van der Waals surface area contributed by atoms with E-state index in [1.165, 1.54) is 12.8 Å². The van der Waals surface area contributed by atoms with Crippen molar-refractivity contribution in [1.82, 2.24) is 10.2 Å². The Morgan fingerprint density at radius 1 is 1.47 bits per heavy atom. The minimum absolute atomic E-state index is 0.0522. The molecule has 0 aliphatic heterocycles. The van der Waals surface area contributed by atoms with Crippen LogP contribution in [-0.2, 0) is 4.79 Å². The molecular weight excluding hydrogens is 240 g/mol. The Kier molecular flexibility index (Phi) is 4.43. The van der Waals surface area contributed by atoms with E-state index in [0.717, 1.165) is 18.0 Å². The molecule has 1 aliphatic rings. The average Bonchev–Trinajstić information content (AvgIpc) is 3.21. The number of nitrogens with zero attached hydrogens (tertiary/aromatic N) is 1. The smallest absolute Gasteiger partial charge is 0.236 e. The van der Waals surface area contributed by atoms with Crippen molar-refractivity contribution < 1.29 is 9.90 Å². The number of aromatic hydroxyl groups is 1. The highest BCUT2D eigenvalue weighted by atomic mass is 16.3. The summed E-state index contributed by atoms with van der Waals surface area (Å²) < 4.78 is 0. The molecule has 1 aromatic rings. The van der Waals surface area contributed by atoms with Crippen LogP contribution in [0.15, 0.2) is 24.3 Å². The van der Waals surface area contributed by atoms with Gasteiger partial charge in [0, 0.05) is 12.6 Å². The first-order valence-corrected chi connectivity index (χ1v) is 6.84. The highest BCUT2D eigenvalue weighted by Crippen LogP contribution is 2.28. The standard InChI is InChI=1S/C15H22N2O2/c1-11(13-5-3-4-6-14(13)18)17(2)15(19)10-16-9-12-7-8-12/h3-6,11-12,16,18H,7-10H2,1-2H3. The third-order valence-corrected chi connectivity index (χ3v) is 3.77. The van der Waals surface area contributed by atoms with Crippen LogP contribution < -0.4 is 5.32 Å². The van der Waals surface area contributed by atoms with Crippen LogP contribution in [0.5, 0.6) is 5.75 Å². The number of rotatable bonds is 6. The van der Waals surface area contributed by atoms with Crippen LogP contribution >= 0.6 is 0 Å². The lowest BCUT2D eigenvalue weighted by atomic mass is 10.1. The number of benzene rings is 1. The minimum Gasteiger partial charge on any atom is -0.508 e. The monoisotopic (exact) mass is 262 g/mol. The maximum atomic E-state index is 12.1. The van der Waals surface area contributed by atoms with Crippen LogP contribution in [0.2, 0.25) is 0 Å². The molecule has 1 atom stereocenters. The number of hydrogen-bond acceptors (Lipinski definition) is 3. The molecule has 0 bridgehead atoms. The number of hydrogen-bond donors (Lipinski definition) is 2. The van der Waals surface area contributed by atoms with Crippen LogP contribution in [-0.4, -0.2) is 36.1 Å². The quantitative estimate of drug-likeness (QED) is 0.823. The average molecular weight is 262 g/mol. The fraction of sp³-hybridized carbons (Fsp3) is 0.533. The fourth-order valence-corrected chi connectivity index (χ4v) is 2.10. The molecule has 1 aromatic carbocycles. The Morgan fingerprint density at radius 2 is 2.16 bits per heavy atom. The number of carbonyl (C=O) groups excluding carboxylic acids is 1. The van der Waals surface area contributed by atoms with Gasteiger partial charge in [-0.2, -0.15) is 0 Å². The predicted molar refractivity (Wildman–Crippen MR) is 74.9 cm³/mol. The summed E-state index contributed by atoms with van der Waals surface area (Å²) in [5.41, 5.74) is 0.778. The van der Waals surface area contributed by atoms with E-state index in [9.17, 15) is 9.90 Å². The highest BCUT2D eigenvalue weighted by Gasteiger charge is 2.22. The lowest BCUT2D eigenvalue weighted by molar-refractivity contribution is -0.130. The summed E-state index contributed by atoms with van der Waals surface area (Å²) in [6.45, 7) is 3.23. The number of phenols is 1. The van der Waals surface area contributed by atoms with Gasteiger partial charge in [0.25, 0.3) is 0 Å². The number of phenolic OH excluding ortho intramolecular Hbond substituents is 1. The molecule has 4 nitrogen and oxygen atoms in total. The molecule has 2 rings (SSSR count). The van der Waals surface area contributed by atoms with E-state index in [4.69, 9.17) is 0 Å². The van der Waals surface area contributed by atoms with Gasteiger partial charge in [-0.15, -0.1) is 0 Å². The van der Waals surface area contributed by atoms with E-state index < -0.39 is 0 Å². The Labute approximate surface area is 114 Å². The third-order valence-electron chi connectivity index (χ3n) is 3.77. The molecule has 1 aliphatic carbocycles. The lowest BCUT2D eigenvalue weighted by Crippen LogP contribution is -2.37. The van der Waals surface area contributed by atoms with Gasteiger partial charge in [-0.05, 0) is 38.3 Å². The molecule has 1 fully saturated rings. The minimum atomic E-state index is -0.128. The van der Waals surface area contributed by atoms with Gasteiger partial charge in [0.15, 0.2) is 0 Å². The van der Waals surface area contributed by atoms with E-state index in [2.05, 4.69) is 5.32 Å². The van der Waals surface area contributed by atoms with Crippen molar-refractivity contribution in [3.8, 4) is 5.75 Å². The maximum absolute atomic E-state index is 12.1. The van der Waals surface area contributed by atoms with Crippen molar-refractivity contribution in [1.29, 1.82) is 0 Å². The number of amides is 1. The van der Waals surface area contributed by atoms with Gasteiger partial charge in [-0.25, -0.2) is 0 Å². The van der Waals surface area contributed by atoms with Crippen LogP contribution in [0.1, 0.15) is 31.4 Å². The van der Waals surface area contributed by atoms with Gasteiger partial charge in [-0.3, -0.25) is 4.79 Å². The van der Waals surface area contributed by atoms with Gasteiger partial charge < -0.3 is 15.3 Å². The zero-order chi connectivity index (χ0) is 13.8. The Hall–Kier alpha value is -1.55. The lowest BCUT2D eigenvalue weighted by Gasteiger charge is -2.26. The van der Waals surface area contributed by atoms with Crippen molar-refractivity contribution in [3.63, 3.8) is 0 Å². The predicted octanol–water partition coefficient (Wildman–Crippen LogP) is 1.91. The van der Waals surface area contributed by atoms with E-state index in [1.54, 1.807) is 24.1 Å². The fourth-order valence-electron chi connectivity index (χ4n) is 2.10. The first-order chi connectivity index (χ1) is 9.09. The Morgan fingerprint density at radius 3 is 2.79 bits per heavy atom. The molecule has 4 heteroatoms. The Bertz CT molecular complexity index is 444. The van der Waals surface area contributed by atoms with E-state index in [-0.39, 0.29) is 17.7 Å². The van der Waals surface area contributed by atoms with Crippen molar-refractivity contribution in [2.24, 2.45) is 5.92 Å². The summed E-state index contributed by atoms with van der Waals surface area (Å²) >= 11 is 0. The molecule has 19 heavy (non-hydrogen) atoms. The van der Waals surface area contributed by atoms with Crippen LogP contribution in [0.3, 0.4) is 0 Å². The highest BCUT2D eigenvalue weighted by molar-refractivity contribution is 5.78. The first kappa shape index (κ1) is 13.9. The van der Waals surface area contributed by atoms with Crippen LogP contribution in [0, 0.1) is 5.92 Å². The second-order valence-corrected chi connectivity index (χ2v) is 5.31. The number of para-hydroxylation sites is 1. The zero-order valence-electron chi connectivity index (χ0n) is 11.6. The van der Waals surface area contributed by atoms with Crippen LogP contribution in [0.25, 0.3) is 0 Å². The molecule has 2 N–H and O–H groups in total. The molecule has 1 amide bonds. The van der Waals surface area contributed by atoms with Crippen LogP contribution in [0.4, 0.5) is 0 Å². The SMILES string of the molecule is CC(c1ccccc1O)N(C)C(=O)CNCC1CC1. The number of likely N-dealkylation sites (N-methyl/N-ethyl adjacent to an activating group) is 1. The van der Waals surface area contributed by atoms with E-state index >= 15 is 0 Å². The molecule has 0 heterocycles. The van der Waals surface area contributed by atoms with Crippen molar-refractivity contribution in [2.45, 2.75) is 25.8 Å². The van der Waals surface area contributed by atoms with Crippen molar-refractivity contribution >= 4 is 5.91 Å². The summed E-state index contributed by atoms with van der Waals surface area (Å²) in [7, 11) is 1.78. The van der Waals surface area contributed by atoms with Gasteiger partial charge in [0.2, 0.25) is 5.91 Å². The summed E-state index contributed by atoms with van der Waals surface area (Å²) in [4.78, 5) is 13.7. The molecule has 1 unspecified atom stereocenters. The van der Waals surface area contributed by atoms with E-state index in [0.29, 0.717) is 6.54 Å². The number of carbonyl (C=O) groups is 1. The number of nitrogens with one attached hydrogen (secondary N) is 1. The molecule has 1 saturated carbocycles. The molecule has 0 radical (unpaired) electrons. The van der Waals surface area contributed by atoms with Gasteiger partial charge >= 0.3 is 0 Å². The van der Waals surface area contributed by atoms with Crippen molar-refractivity contribution in [2.75, 3.05) is 20.1 Å². The summed E-state index contributed by atoms with van der Waals surface area (Å²) in [6.07, 6.45) is 2.57. The topological polar surface area (TPSA) is 52.6 Å². The maximum Gasteiger partial charge on any atom is 0.236 e. The normalized spacial score (nSPS) is 16.1. The molecule has 0 spiro atoms. The largest absolute Gasteiger partial charge is 0.508 e. The molecule has 104 valence electrons. The third kappa shape index (κ3) is 3.70. The van der Waals surface area contributed by atoms with Crippen molar-refractivity contribution in [3.05, 3.63) is 29.8 Å². The zero-order valence-corrected chi connectivity index (χ0v) is 11.6. The molecular formula is C15H22N2O2. The second-order valence-electron chi connectivity index (χ2n) is 5.31. The Balaban J connectivity index is 1.88. The molecule has 0 aromatic heterocycles. The molecule has 0 saturated heterocycles. The van der Waals surface area contributed by atoms with Gasteiger partial charge in [0.1, 0.15) is 5.75 Å². The summed E-state index contributed by atoms with van der Waals surface area (Å²) in [5.74, 6) is 1.06. The first-order valence-electron chi connectivity index (χ1n) is 6.84. The van der Waals surface area contributed by atoms with E-state index in [1.807, 2.05) is 19.1 Å². The van der Waals surface area contributed by atoms with Gasteiger partial charge in [0.05, 0.1) is 12.6 Å². The summed E-state index contributed by atoms with van der Waals surface area (Å²) in [5, 5.41) is 13.0. The second kappa shape index (κ2) is 6.06. The van der Waals surface area contributed by atoms with Gasteiger partial charge in [-0.1, -0.05) is 18.2 Å².